The number of carbonyl (C=O) groups excluding carboxylic acids is 2. The highest BCUT2D eigenvalue weighted by molar-refractivity contribution is 6.01. The molecule has 0 saturated heterocycles. The Balaban J connectivity index is 1.55. The normalized spacial score (nSPS) is 23.9. The Morgan fingerprint density at radius 2 is 1.83 bits per heavy atom. The average Bonchev–Trinajstić information content (AvgIpc) is 3.26. The molecule has 0 spiro atoms. The van der Waals surface area contributed by atoms with Crippen molar-refractivity contribution in [3.8, 4) is 11.5 Å². The van der Waals surface area contributed by atoms with Crippen LogP contribution in [-0.2, 0) is 17.9 Å². The molecule has 8 nitrogen and oxygen atoms in total. The molecule has 1 aliphatic carbocycles. The minimum atomic E-state index is -1.12. The van der Waals surface area contributed by atoms with Gasteiger partial charge in [-0.1, -0.05) is 31.2 Å². The Morgan fingerprint density at radius 1 is 1.08 bits per heavy atom. The van der Waals surface area contributed by atoms with Crippen LogP contribution < -0.4 is 14.8 Å². The van der Waals surface area contributed by atoms with Crippen LogP contribution in [0.1, 0.15) is 55.7 Å². The molecular formula is C28H34N4O4. The van der Waals surface area contributed by atoms with E-state index in [4.69, 9.17) is 9.47 Å². The molecule has 190 valence electrons. The zero-order valence-electron chi connectivity index (χ0n) is 21.4. The summed E-state index contributed by atoms with van der Waals surface area (Å²) in [4.78, 5) is 34.2. The number of nitrogens with one attached hydrogen (secondary N) is 1. The van der Waals surface area contributed by atoms with E-state index in [1.54, 1.807) is 19.1 Å². The number of imidazole rings is 1. The Hall–Kier alpha value is -3.55. The third-order valence-electron chi connectivity index (χ3n) is 7.81. The molecular weight excluding hydrogens is 456 g/mol. The smallest absolute Gasteiger partial charge is 0.291 e. The van der Waals surface area contributed by atoms with Gasteiger partial charge < -0.3 is 24.3 Å². The van der Waals surface area contributed by atoms with Gasteiger partial charge in [-0.3, -0.25) is 9.59 Å². The second-order valence-corrected chi connectivity index (χ2v) is 10.3. The van der Waals surface area contributed by atoms with Crippen molar-refractivity contribution in [1.82, 2.24) is 19.8 Å². The van der Waals surface area contributed by atoms with E-state index in [-0.39, 0.29) is 24.4 Å². The average molecular weight is 491 g/mol. The van der Waals surface area contributed by atoms with Crippen LogP contribution in [0.3, 0.4) is 0 Å². The van der Waals surface area contributed by atoms with Crippen molar-refractivity contribution in [3.05, 3.63) is 53.9 Å². The van der Waals surface area contributed by atoms with Crippen LogP contribution in [0.15, 0.2) is 42.5 Å². The molecule has 0 bridgehead atoms. The maximum Gasteiger partial charge on any atom is 0.291 e. The predicted octanol–water partition coefficient (Wildman–Crippen LogP) is 4.16. The molecule has 2 amide bonds. The van der Waals surface area contributed by atoms with E-state index in [0.717, 1.165) is 42.3 Å². The van der Waals surface area contributed by atoms with Gasteiger partial charge >= 0.3 is 0 Å². The molecule has 2 aliphatic rings. The predicted molar refractivity (Wildman–Crippen MR) is 137 cm³/mol. The number of carbonyl (C=O) groups is 2. The third kappa shape index (κ3) is 4.08. The molecule has 1 saturated carbocycles. The number of fused-ring (bicyclic) bond motifs is 3. The lowest BCUT2D eigenvalue weighted by atomic mass is 9.86. The summed E-state index contributed by atoms with van der Waals surface area (Å²) in [6.07, 6.45) is 4.11. The van der Waals surface area contributed by atoms with Crippen LogP contribution in [-0.4, -0.2) is 52.1 Å². The van der Waals surface area contributed by atoms with Gasteiger partial charge in [-0.2, -0.15) is 0 Å². The van der Waals surface area contributed by atoms with Gasteiger partial charge in [-0.25, -0.2) is 4.98 Å². The van der Waals surface area contributed by atoms with Gasteiger partial charge in [0.15, 0.2) is 17.3 Å². The monoisotopic (exact) mass is 490 g/mol. The molecule has 1 aliphatic heterocycles. The van der Waals surface area contributed by atoms with E-state index in [2.05, 4.69) is 17.2 Å². The molecule has 1 aromatic heterocycles. The molecule has 2 aromatic carbocycles. The summed E-state index contributed by atoms with van der Waals surface area (Å²) >= 11 is 0. The fourth-order valence-corrected chi connectivity index (χ4v) is 5.57. The van der Waals surface area contributed by atoms with Crippen molar-refractivity contribution < 1.29 is 19.1 Å². The van der Waals surface area contributed by atoms with Gasteiger partial charge in [0.2, 0.25) is 5.91 Å². The fraction of sp³-hybridized carbons (Fsp3) is 0.464. The van der Waals surface area contributed by atoms with E-state index < -0.39 is 5.54 Å². The number of ether oxygens (including phenoxy) is 2. The Kier molecular flexibility index (Phi) is 6.36. The summed E-state index contributed by atoms with van der Waals surface area (Å²) < 4.78 is 13.0. The van der Waals surface area contributed by atoms with Gasteiger partial charge in [0.05, 0.1) is 38.3 Å². The summed E-state index contributed by atoms with van der Waals surface area (Å²) in [6.45, 7) is 4.62. The summed E-state index contributed by atoms with van der Waals surface area (Å²) in [5.74, 6) is 1.74. The number of benzene rings is 2. The Morgan fingerprint density at radius 3 is 2.56 bits per heavy atom. The van der Waals surface area contributed by atoms with Crippen LogP contribution in [0.4, 0.5) is 0 Å². The largest absolute Gasteiger partial charge is 0.493 e. The second-order valence-electron chi connectivity index (χ2n) is 10.3. The van der Waals surface area contributed by atoms with Crippen molar-refractivity contribution in [1.29, 1.82) is 0 Å². The van der Waals surface area contributed by atoms with Crippen molar-refractivity contribution in [3.63, 3.8) is 0 Å². The maximum atomic E-state index is 14.0. The number of methoxy groups -OCH3 is 2. The summed E-state index contributed by atoms with van der Waals surface area (Å²) in [5, 5.41) is 3.29. The van der Waals surface area contributed by atoms with Crippen molar-refractivity contribution in [2.24, 2.45) is 5.92 Å². The lowest BCUT2D eigenvalue weighted by molar-refractivity contribution is -0.134. The van der Waals surface area contributed by atoms with Crippen molar-refractivity contribution in [2.75, 3.05) is 14.2 Å². The van der Waals surface area contributed by atoms with E-state index in [0.29, 0.717) is 29.8 Å². The number of hydrogen-bond acceptors (Lipinski definition) is 5. The standard InChI is InChI=1S/C28H34N4O4/c1-18-12-14-20(15-13-18)29-27(34)28(2)17-31-22-10-6-5-9-21(22)30-25(31)26(33)32(28)16-19-8-7-11-23(35-3)24(19)36-4/h5-11,18,20H,12-17H2,1-4H3,(H,29,34)/t18?,20?,28-/m0/s1. The lowest BCUT2D eigenvalue weighted by Crippen LogP contribution is -2.64. The topological polar surface area (TPSA) is 85.7 Å². The van der Waals surface area contributed by atoms with E-state index in [1.807, 2.05) is 54.0 Å². The number of nitrogens with zero attached hydrogens (tertiary/aromatic N) is 3. The van der Waals surface area contributed by atoms with Crippen LogP contribution in [0.5, 0.6) is 11.5 Å². The first kappa shape index (κ1) is 24.2. The van der Waals surface area contributed by atoms with E-state index >= 15 is 0 Å². The zero-order chi connectivity index (χ0) is 25.4. The quantitative estimate of drug-likeness (QED) is 0.561. The second kappa shape index (κ2) is 9.48. The first-order valence-electron chi connectivity index (χ1n) is 12.6. The molecule has 36 heavy (non-hydrogen) atoms. The van der Waals surface area contributed by atoms with Crippen molar-refractivity contribution >= 4 is 22.8 Å². The van der Waals surface area contributed by atoms with Crippen LogP contribution in [0, 0.1) is 5.92 Å². The molecule has 0 radical (unpaired) electrons. The molecule has 1 atom stereocenters. The van der Waals surface area contributed by atoms with E-state index in [1.165, 1.54) is 0 Å². The molecule has 5 rings (SSSR count). The van der Waals surface area contributed by atoms with Crippen LogP contribution >= 0.6 is 0 Å². The number of rotatable bonds is 6. The summed E-state index contributed by atoms with van der Waals surface area (Å²) in [5.41, 5.74) is 1.24. The Bertz CT molecular complexity index is 1290. The number of para-hydroxylation sites is 3. The lowest BCUT2D eigenvalue weighted by Gasteiger charge is -2.44. The summed E-state index contributed by atoms with van der Waals surface area (Å²) in [7, 11) is 3.16. The minimum absolute atomic E-state index is 0.120. The first-order valence-corrected chi connectivity index (χ1v) is 12.6. The van der Waals surface area contributed by atoms with Gasteiger partial charge in [-0.15, -0.1) is 0 Å². The maximum absolute atomic E-state index is 14.0. The molecule has 1 N–H and O–H groups in total. The van der Waals surface area contributed by atoms with Crippen LogP contribution in [0.25, 0.3) is 11.0 Å². The molecule has 1 fully saturated rings. The zero-order valence-corrected chi connectivity index (χ0v) is 21.4. The minimum Gasteiger partial charge on any atom is -0.493 e. The van der Waals surface area contributed by atoms with Gasteiger partial charge in [-0.05, 0) is 56.7 Å². The highest BCUT2D eigenvalue weighted by Crippen LogP contribution is 2.37. The molecule has 3 aromatic rings. The molecule has 0 unspecified atom stereocenters. The van der Waals surface area contributed by atoms with Gasteiger partial charge in [0.1, 0.15) is 5.54 Å². The number of aromatic nitrogens is 2. The van der Waals surface area contributed by atoms with Gasteiger partial charge in [0, 0.05) is 11.6 Å². The van der Waals surface area contributed by atoms with Crippen molar-refractivity contribution in [2.45, 2.75) is 64.2 Å². The molecule has 8 heteroatoms. The van der Waals surface area contributed by atoms with E-state index in [9.17, 15) is 9.59 Å². The Labute approximate surface area is 211 Å². The highest BCUT2D eigenvalue weighted by atomic mass is 16.5. The first-order chi connectivity index (χ1) is 17.4. The third-order valence-corrected chi connectivity index (χ3v) is 7.81. The van der Waals surface area contributed by atoms with Gasteiger partial charge in [0.25, 0.3) is 5.91 Å². The number of amides is 2. The molecule has 2 heterocycles. The highest BCUT2D eigenvalue weighted by Gasteiger charge is 2.49. The summed E-state index contributed by atoms with van der Waals surface area (Å²) in [6, 6.07) is 13.4. The van der Waals surface area contributed by atoms with Crippen LogP contribution in [0.2, 0.25) is 0 Å². The fourth-order valence-electron chi connectivity index (χ4n) is 5.57. The SMILES string of the molecule is COc1cccc(CN2C(=O)c3nc4ccccc4n3C[C@@]2(C)C(=O)NC2CCC(C)CC2)c1OC. The number of hydrogen-bond donors (Lipinski definition) is 1.